The Morgan fingerprint density at radius 3 is 2.72 bits per heavy atom. The number of hydrogen-bond acceptors (Lipinski definition) is 12. The lowest BCUT2D eigenvalue weighted by molar-refractivity contribution is -0.343. The first-order valence-corrected chi connectivity index (χ1v) is 8.13. The average Bonchev–Trinajstić information content (AvgIpc) is 2.76. The van der Waals surface area contributed by atoms with Crippen molar-refractivity contribution >= 4 is 31.7 Å². The van der Waals surface area contributed by atoms with Gasteiger partial charge in [-0.05, 0) is 0 Å². The Labute approximate surface area is 139 Å². The number of aliphatic hydroxyl groups excluding tert-OH is 2. The number of nitrogen functional groups attached to an aromatic ring is 1. The largest absolute Gasteiger partial charge is 0.790 e. The van der Waals surface area contributed by atoms with Crippen LogP contribution in [-0.2, 0) is 18.6 Å². The zero-order valence-corrected chi connectivity index (χ0v) is 13.2. The molecule has 1 fully saturated rings. The molecule has 0 radical (unpaired) electrons. The predicted octanol–water partition coefficient (Wildman–Crippen LogP) is -4.38. The van der Waals surface area contributed by atoms with Crippen molar-refractivity contribution in [1.29, 1.82) is 0 Å². The molecule has 0 bridgehead atoms. The molecule has 1 aromatic heterocycles. The molecule has 0 unspecified atom stereocenters. The normalized spacial score (nSPS) is 26.4. The molecule has 4 atom stereocenters. The summed E-state index contributed by atoms with van der Waals surface area (Å²) in [5, 5.41) is 24.3. The number of H-pyrrole nitrogens is 1. The number of nitrogens with zero attached hydrogens (tertiary/aromatic N) is 1. The van der Waals surface area contributed by atoms with Crippen LogP contribution < -0.4 is 31.7 Å². The topological polar surface area (TPSA) is 235 Å². The molecule has 0 spiro atoms. The van der Waals surface area contributed by atoms with E-state index in [1.807, 2.05) is 0 Å². The molecule has 7 N–H and O–H groups in total. The highest BCUT2D eigenvalue weighted by molar-refractivity contribution is 7.43. The van der Waals surface area contributed by atoms with Crippen LogP contribution in [0, 0.1) is 0 Å². The number of carbonyl (C=O) groups is 1. The minimum absolute atomic E-state index is 0.199. The summed E-state index contributed by atoms with van der Waals surface area (Å²) in [4.78, 5) is 49.1. The van der Waals surface area contributed by atoms with Crippen LogP contribution in [0.1, 0.15) is 0 Å². The molecule has 1 aliphatic rings. The molecule has 25 heavy (non-hydrogen) atoms. The summed E-state index contributed by atoms with van der Waals surface area (Å²) in [5.41, 5.74) is 4.25. The summed E-state index contributed by atoms with van der Waals surface area (Å²) in [6.07, 6.45) is -5.73. The summed E-state index contributed by atoms with van der Waals surface area (Å²) < 4.78 is 19.6. The van der Waals surface area contributed by atoms with E-state index < -0.39 is 44.5 Å². The molecule has 15 heteroatoms. The highest BCUT2D eigenvalue weighted by Gasteiger charge is 2.43. The Kier molecular flexibility index (Phi) is 5.74. The van der Waals surface area contributed by atoms with Crippen LogP contribution in [-0.4, -0.2) is 57.7 Å². The van der Waals surface area contributed by atoms with E-state index in [2.05, 4.69) is 25.1 Å². The number of aliphatic hydroxyl groups is 2. The molecule has 140 valence electrons. The summed E-state index contributed by atoms with van der Waals surface area (Å²) in [5.74, 6) is -0.583. The van der Waals surface area contributed by atoms with Gasteiger partial charge in [0.1, 0.15) is 24.0 Å². The molecule has 1 amide bonds. The van der Waals surface area contributed by atoms with E-state index in [9.17, 15) is 34.2 Å². The maximum Gasteiger partial charge on any atom is 0.278 e. The molecule has 2 rings (SSSR count). The Morgan fingerprint density at radius 2 is 2.12 bits per heavy atom. The molecule has 0 saturated carbocycles. The number of aromatic nitrogens is 2. The second kappa shape index (κ2) is 7.45. The lowest BCUT2D eigenvalue weighted by Gasteiger charge is -2.30. The van der Waals surface area contributed by atoms with Gasteiger partial charge in [-0.15, -0.1) is 0 Å². The van der Waals surface area contributed by atoms with Gasteiger partial charge in [-0.1, -0.05) is 0 Å². The van der Waals surface area contributed by atoms with Crippen LogP contribution in [0.5, 0.6) is 0 Å². The van der Waals surface area contributed by atoms with Gasteiger partial charge in [-0.3, -0.25) is 14.6 Å². The first-order chi connectivity index (χ1) is 11.6. The van der Waals surface area contributed by atoms with Crippen LogP contribution in [0.3, 0.4) is 0 Å². The molecule has 1 saturated heterocycles. The minimum atomic E-state index is -5.30. The Balaban J connectivity index is 2.16. The van der Waals surface area contributed by atoms with Crippen molar-refractivity contribution in [2.45, 2.75) is 24.5 Å². The SMILES string of the molecule is Nc1nc(N[C@@H]2O[C@H](COP(=O)([O-])[O-])[C@@H](O)[C@H]2O)c(NC=O)c(=O)[nH]1. The number of nitrogens with two attached hydrogens (primary N) is 1. The fourth-order valence-corrected chi connectivity index (χ4v) is 2.42. The second-order valence-electron chi connectivity index (χ2n) is 4.90. The number of hydrogen-bond donors (Lipinski definition) is 6. The number of phosphoric ester groups is 1. The molecule has 2 heterocycles. The number of carbonyl (C=O) groups excluding carboxylic acids is 1. The first kappa shape index (κ1) is 19.3. The van der Waals surface area contributed by atoms with Crippen LogP contribution in [0.2, 0.25) is 0 Å². The van der Waals surface area contributed by atoms with E-state index in [0.29, 0.717) is 0 Å². The minimum Gasteiger partial charge on any atom is -0.790 e. The van der Waals surface area contributed by atoms with Gasteiger partial charge in [0.05, 0.1) is 14.4 Å². The van der Waals surface area contributed by atoms with Gasteiger partial charge >= 0.3 is 0 Å². The van der Waals surface area contributed by atoms with Crippen LogP contribution in [0.15, 0.2) is 4.79 Å². The number of aromatic amines is 1. The molecular weight excluding hydrogens is 365 g/mol. The highest BCUT2D eigenvalue weighted by Crippen LogP contribution is 2.29. The Bertz CT molecular complexity index is 736. The van der Waals surface area contributed by atoms with Gasteiger partial charge in [0.2, 0.25) is 12.4 Å². The lowest BCUT2D eigenvalue weighted by atomic mass is 10.1. The van der Waals surface area contributed by atoms with Crippen molar-refractivity contribution in [2.24, 2.45) is 0 Å². The third-order valence-electron chi connectivity index (χ3n) is 3.18. The van der Waals surface area contributed by atoms with Crippen molar-refractivity contribution in [3.8, 4) is 0 Å². The monoisotopic (exact) mass is 379 g/mol. The molecular formula is C10H14N5O9P-2. The van der Waals surface area contributed by atoms with Crippen molar-refractivity contribution < 1.29 is 38.6 Å². The van der Waals surface area contributed by atoms with E-state index in [4.69, 9.17) is 10.5 Å². The summed E-state index contributed by atoms with van der Waals surface area (Å²) in [6, 6.07) is 0. The smallest absolute Gasteiger partial charge is 0.278 e. The first-order valence-electron chi connectivity index (χ1n) is 6.67. The fourth-order valence-electron chi connectivity index (χ4n) is 2.09. The fraction of sp³-hybridized carbons (Fsp3) is 0.500. The van der Waals surface area contributed by atoms with Crippen LogP contribution >= 0.6 is 7.82 Å². The van der Waals surface area contributed by atoms with Gasteiger partial charge < -0.3 is 50.2 Å². The zero-order chi connectivity index (χ0) is 18.8. The molecule has 0 aromatic carbocycles. The summed E-state index contributed by atoms with van der Waals surface area (Å²) in [6.45, 7) is -0.828. The number of ether oxygens (including phenoxy) is 1. The molecule has 1 aliphatic heterocycles. The van der Waals surface area contributed by atoms with Gasteiger partial charge in [0, 0.05) is 0 Å². The number of nitrogens with one attached hydrogen (secondary N) is 3. The van der Waals surface area contributed by atoms with E-state index >= 15 is 0 Å². The van der Waals surface area contributed by atoms with E-state index in [1.165, 1.54) is 0 Å². The van der Waals surface area contributed by atoms with E-state index in [-0.39, 0.29) is 23.9 Å². The third kappa shape index (κ3) is 4.73. The summed E-state index contributed by atoms with van der Waals surface area (Å²) in [7, 11) is -5.30. The second-order valence-corrected chi connectivity index (χ2v) is 6.05. The summed E-state index contributed by atoms with van der Waals surface area (Å²) >= 11 is 0. The van der Waals surface area contributed by atoms with Crippen LogP contribution in [0.25, 0.3) is 0 Å². The van der Waals surface area contributed by atoms with E-state index in [0.717, 1.165) is 0 Å². The molecule has 1 aromatic rings. The molecule has 0 aliphatic carbocycles. The maximum absolute atomic E-state index is 11.7. The Morgan fingerprint density at radius 1 is 1.44 bits per heavy atom. The van der Waals surface area contributed by atoms with Gasteiger partial charge in [0.25, 0.3) is 5.56 Å². The van der Waals surface area contributed by atoms with Crippen molar-refractivity contribution in [1.82, 2.24) is 9.97 Å². The standard InChI is InChI=1S/C10H16N5O9P/c11-10-14-7(4(12-2-16)8(19)15-10)13-9-6(18)5(17)3(24-9)1-23-25(20,21)22/h2-3,5-6,9,17-18H,1H2,(H,12,16)(H2,20,21,22)(H4,11,13,14,15,19)/p-2/t3-,5-,6-,9-/m1/s1. The van der Waals surface area contributed by atoms with Gasteiger partial charge in [-0.2, -0.15) is 4.98 Å². The van der Waals surface area contributed by atoms with Crippen molar-refractivity contribution in [3.05, 3.63) is 10.4 Å². The van der Waals surface area contributed by atoms with Gasteiger partial charge in [-0.25, -0.2) is 0 Å². The van der Waals surface area contributed by atoms with Crippen molar-refractivity contribution in [2.75, 3.05) is 23.0 Å². The maximum atomic E-state index is 11.7. The predicted molar refractivity (Wildman–Crippen MR) is 76.8 cm³/mol. The van der Waals surface area contributed by atoms with E-state index in [1.54, 1.807) is 0 Å². The zero-order valence-electron chi connectivity index (χ0n) is 12.3. The quantitative estimate of drug-likeness (QED) is 0.195. The molecule has 14 nitrogen and oxygen atoms in total. The van der Waals surface area contributed by atoms with Gasteiger partial charge in [0.15, 0.2) is 12.0 Å². The van der Waals surface area contributed by atoms with Crippen LogP contribution in [0.4, 0.5) is 17.5 Å². The lowest BCUT2D eigenvalue weighted by Crippen LogP contribution is -2.37. The highest BCUT2D eigenvalue weighted by atomic mass is 31.2. The average molecular weight is 379 g/mol. The number of phosphoric acid groups is 1. The Hall–Kier alpha value is -2.06. The third-order valence-corrected chi connectivity index (χ3v) is 3.64. The number of rotatable bonds is 7. The number of amides is 1. The number of anilines is 3. The van der Waals surface area contributed by atoms with Crippen molar-refractivity contribution in [3.63, 3.8) is 0 Å².